The summed E-state index contributed by atoms with van der Waals surface area (Å²) >= 11 is 3.45. The summed E-state index contributed by atoms with van der Waals surface area (Å²) in [5.74, 6) is 0.904. The Hall–Kier alpha value is -3.62. The van der Waals surface area contributed by atoms with E-state index in [0.29, 0.717) is 17.9 Å². The molecule has 4 nitrogen and oxygen atoms in total. The van der Waals surface area contributed by atoms with Gasteiger partial charge < -0.3 is 10.5 Å². The number of aryl methyl sites for hydroxylation is 1. The number of pyridine rings is 1. The fourth-order valence-electron chi connectivity index (χ4n) is 3.61. The highest BCUT2D eigenvalue weighted by atomic mass is 79.9. The van der Waals surface area contributed by atoms with Gasteiger partial charge in [-0.05, 0) is 36.2 Å². The Morgan fingerprint density at radius 1 is 0.935 bits per heavy atom. The van der Waals surface area contributed by atoms with E-state index >= 15 is 0 Å². The number of benzene rings is 3. The van der Waals surface area contributed by atoms with E-state index < -0.39 is 0 Å². The number of nitrogen functional groups attached to an aromatic ring is 1. The predicted octanol–water partition coefficient (Wildman–Crippen LogP) is 6.52. The lowest BCUT2D eigenvalue weighted by Crippen LogP contribution is -2.04. The SMILES string of the molecule is Cc1nc(N)c(C#N)c(-c2ccccc2OCc2ccc(Br)cc2)c1-c1ccccc1. The second-order valence-electron chi connectivity index (χ2n) is 7.10. The zero-order valence-electron chi connectivity index (χ0n) is 17.0. The normalized spacial score (nSPS) is 10.5. The van der Waals surface area contributed by atoms with E-state index in [0.717, 1.165) is 38.0 Å². The average molecular weight is 470 g/mol. The van der Waals surface area contributed by atoms with Crippen LogP contribution >= 0.6 is 15.9 Å². The predicted molar refractivity (Wildman–Crippen MR) is 127 cm³/mol. The van der Waals surface area contributed by atoms with Crippen molar-refractivity contribution >= 4 is 21.7 Å². The molecule has 0 amide bonds. The maximum absolute atomic E-state index is 9.93. The minimum absolute atomic E-state index is 0.220. The van der Waals surface area contributed by atoms with Gasteiger partial charge in [-0.3, -0.25) is 0 Å². The summed E-state index contributed by atoms with van der Waals surface area (Å²) in [7, 11) is 0. The molecule has 152 valence electrons. The van der Waals surface area contributed by atoms with Gasteiger partial charge in [-0.1, -0.05) is 76.6 Å². The lowest BCUT2D eigenvalue weighted by atomic mass is 9.89. The summed E-state index contributed by atoms with van der Waals surface area (Å²) in [6.45, 7) is 2.32. The maximum Gasteiger partial charge on any atom is 0.142 e. The molecule has 0 fully saturated rings. The third kappa shape index (κ3) is 4.30. The molecule has 0 saturated carbocycles. The quantitative estimate of drug-likeness (QED) is 0.361. The van der Waals surface area contributed by atoms with Crippen LogP contribution in [0.4, 0.5) is 5.82 Å². The molecule has 5 heteroatoms. The number of rotatable bonds is 5. The number of nitriles is 1. The number of ether oxygens (including phenoxy) is 1. The molecule has 1 aromatic heterocycles. The highest BCUT2D eigenvalue weighted by molar-refractivity contribution is 9.10. The van der Waals surface area contributed by atoms with E-state index in [1.165, 1.54) is 0 Å². The molecule has 4 rings (SSSR count). The lowest BCUT2D eigenvalue weighted by molar-refractivity contribution is 0.307. The first-order chi connectivity index (χ1) is 15.1. The monoisotopic (exact) mass is 469 g/mol. The van der Waals surface area contributed by atoms with Gasteiger partial charge in [0.15, 0.2) is 0 Å². The van der Waals surface area contributed by atoms with E-state index in [2.05, 4.69) is 27.0 Å². The van der Waals surface area contributed by atoms with Gasteiger partial charge in [0.2, 0.25) is 0 Å². The first kappa shape index (κ1) is 20.6. The van der Waals surface area contributed by atoms with Crippen molar-refractivity contribution in [2.24, 2.45) is 0 Å². The molecule has 0 saturated heterocycles. The molecule has 0 aliphatic rings. The molecule has 0 radical (unpaired) electrons. The van der Waals surface area contributed by atoms with Crippen molar-refractivity contribution in [3.8, 4) is 34.1 Å². The van der Waals surface area contributed by atoms with E-state index in [1.807, 2.05) is 85.8 Å². The van der Waals surface area contributed by atoms with Gasteiger partial charge in [0.05, 0.1) is 0 Å². The van der Waals surface area contributed by atoms with Crippen LogP contribution in [0.1, 0.15) is 16.8 Å². The number of halogens is 1. The van der Waals surface area contributed by atoms with Crippen LogP contribution in [0, 0.1) is 18.3 Å². The van der Waals surface area contributed by atoms with Crippen LogP contribution < -0.4 is 10.5 Å². The van der Waals surface area contributed by atoms with Crippen LogP contribution in [0.2, 0.25) is 0 Å². The molecule has 31 heavy (non-hydrogen) atoms. The fraction of sp³-hybridized carbons (Fsp3) is 0.0769. The molecule has 0 atom stereocenters. The van der Waals surface area contributed by atoms with E-state index in [1.54, 1.807) is 0 Å². The Morgan fingerprint density at radius 3 is 2.32 bits per heavy atom. The highest BCUT2D eigenvalue weighted by Crippen LogP contribution is 2.42. The van der Waals surface area contributed by atoms with Crippen molar-refractivity contribution in [2.45, 2.75) is 13.5 Å². The van der Waals surface area contributed by atoms with Gasteiger partial charge in [-0.15, -0.1) is 0 Å². The molecular formula is C26H20BrN3O. The molecule has 0 aliphatic carbocycles. The molecule has 4 aromatic rings. The molecular weight excluding hydrogens is 450 g/mol. The van der Waals surface area contributed by atoms with Crippen molar-refractivity contribution in [1.82, 2.24) is 4.98 Å². The van der Waals surface area contributed by atoms with Crippen LogP contribution in [-0.2, 0) is 6.61 Å². The molecule has 0 unspecified atom stereocenters. The summed E-state index contributed by atoms with van der Waals surface area (Å²) in [5, 5.41) is 9.93. The Labute approximate surface area is 190 Å². The smallest absolute Gasteiger partial charge is 0.142 e. The van der Waals surface area contributed by atoms with Gasteiger partial charge in [-0.2, -0.15) is 5.26 Å². The van der Waals surface area contributed by atoms with Crippen LogP contribution in [0.15, 0.2) is 83.3 Å². The first-order valence-electron chi connectivity index (χ1n) is 9.80. The Morgan fingerprint density at radius 2 is 1.61 bits per heavy atom. The molecule has 0 bridgehead atoms. The average Bonchev–Trinajstić information content (AvgIpc) is 2.79. The second-order valence-corrected chi connectivity index (χ2v) is 8.01. The van der Waals surface area contributed by atoms with Crippen molar-refractivity contribution in [1.29, 1.82) is 5.26 Å². The molecule has 0 aliphatic heterocycles. The Bertz CT molecular complexity index is 1260. The number of nitrogens with two attached hydrogens (primary N) is 1. The number of hydrogen-bond donors (Lipinski definition) is 1. The molecule has 1 heterocycles. The summed E-state index contributed by atoms with van der Waals surface area (Å²) in [6, 6.07) is 27.9. The van der Waals surface area contributed by atoms with Crippen LogP contribution in [0.5, 0.6) is 5.75 Å². The summed E-state index contributed by atoms with van der Waals surface area (Å²) in [6.07, 6.45) is 0. The largest absolute Gasteiger partial charge is 0.488 e. The number of para-hydroxylation sites is 1. The van der Waals surface area contributed by atoms with Crippen molar-refractivity contribution in [3.63, 3.8) is 0 Å². The fourth-order valence-corrected chi connectivity index (χ4v) is 3.87. The lowest BCUT2D eigenvalue weighted by Gasteiger charge is -2.19. The molecule has 3 aromatic carbocycles. The third-order valence-corrected chi connectivity index (χ3v) is 5.57. The Kier molecular flexibility index (Phi) is 6.01. The number of aromatic nitrogens is 1. The van der Waals surface area contributed by atoms with Gasteiger partial charge in [-0.25, -0.2) is 4.98 Å². The van der Waals surface area contributed by atoms with Crippen molar-refractivity contribution in [2.75, 3.05) is 5.73 Å². The zero-order valence-corrected chi connectivity index (χ0v) is 18.6. The van der Waals surface area contributed by atoms with Gasteiger partial charge in [0.25, 0.3) is 0 Å². The third-order valence-electron chi connectivity index (χ3n) is 5.04. The minimum Gasteiger partial charge on any atom is -0.488 e. The summed E-state index contributed by atoms with van der Waals surface area (Å²) in [4.78, 5) is 4.45. The van der Waals surface area contributed by atoms with E-state index in [9.17, 15) is 5.26 Å². The number of anilines is 1. The van der Waals surface area contributed by atoms with Crippen molar-refractivity contribution < 1.29 is 4.74 Å². The maximum atomic E-state index is 9.93. The zero-order chi connectivity index (χ0) is 21.8. The van der Waals surface area contributed by atoms with Gasteiger partial charge in [0, 0.05) is 26.9 Å². The highest BCUT2D eigenvalue weighted by Gasteiger charge is 2.22. The Balaban J connectivity index is 1.87. The summed E-state index contributed by atoms with van der Waals surface area (Å²) in [5.41, 5.74) is 11.7. The van der Waals surface area contributed by atoms with Gasteiger partial charge >= 0.3 is 0 Å². The minimum atomic E-state index is 0.220. The number of hydrogen-bond acceptors (Lipinski definition) is 4. The molecule has 0 spiro atoms. The van der Waals surface area contributed by atoms with Crippen molar-refractivity contribution in [3.05, 3.63) is 100 Å². The topological polar surface area (TPSA) is 71.9 Å². The first-order valence-corrected chi connectivity index (χ1v) is 10.6. The molecule has 2 N–H and O–H groups in total. The number of nitrogens with zero attached hydrogens (tertiary/aromatic N) is 2. The van der Waals surface area contributed by atoms with E-state index in [4.69, 9.17) is 10.5 Å². The van der Waals surface area contributed by atoms with Crippen LogP contribution in [-0.4, -0.2) is 4.98 Å². The standard InChI is InChI=1S/C26H20BrN3O/c1-17-24(19-7-3-2-4-8-19)25(22(15-28)26(29)30-17)21-9-5-6-10-23(21)31-16-18-11-13-20(27)14-12-18/h2-14H,16H2,1H3,(H2,29,30). The second kappa shape index (κ2) is 9.03. The van der Waals surface area contributed by atoms with Crippen LogP contribution in [0.25, 0.3) is 22.3 Å². The van der Waals surface area contributed by atoms with Crippen LogP contribution in [0.3, 0.4) is 0 Å². The van der Waals surface area contributed by atoms with Gasteiger partial charge in [0.1, 0.15) is 29.8 Å². The van der Waals surface area contributed by atoms with E-state index in [-0.39, 0.29) is 5.82 Å². The summed E-state index contributed by atoms with van der Waals surface area (Å²) < 4.78 is 7.22.